The zero-order valence-corrected chi connectivity index (χ0v) is 13.7. The fraction of sp³-hybridized carbons (Fsp3) is 0.250. The second-order valence-corrected chi connectivity index (χ2v) is 6.62. The summed E-state index contributed by atoms with van der Waals surface area (Å²) in [5.41, 5.74) is 2.54. The van der Waals surface area contributed by atoms with Crippen LogP contribution in [0, 0.1) is 11.7 Å². The highest BCUT2D eigenvalue weighted by atomic mass is 19.1. The number of halogens is 1. The number of aromatic amines is 1. The summed E-state index contributed by atoms with van der Waals surface area (Å²) in [6, 6.07) is 14.8. The van der Waals surface area contributed by atoms with Crippen LogP contribution in [-0.4, -0.2) is 34.0 Å². The summed E-state index contributed by atoms with van der Waals surface area (Å²) >= 11 is 0. The number of carbonyl (C=O) groups is 1. The number of hydrogen-bond acceptors (Lipinski definition) is 2. The van der Waals surface area contributed by atoms with Gasteiger partial charge in [0.05, 0.1) is 5.92 Å². The molecule has 1 aliphatic heterocycles. The first kappa shape index (κ1) is 15.8. The van der Waals surface area contributed by atoms with E-state index in [2.05, 4.69) is 4.98 Å². The zero-order valence-electron chi connectivity index (χ0n) is 13.7. The summed E-state index contributed by atoms with van der Waals surface area (Å²) in [7, 11) is 0. The number of nitrogens with one attached hydrogen (secondary N) is 1. The lowest BCUT2D eigenvalue weighted by Crippen LogP contribution is -2.23. The van der Waals surface area contributed by atoms with Gasteiger partial charge in [0.1, 0.15) is 5.82 Å². The van der Waals surface area contributed by atoms with Crippen LogP contribution in [-0.2, 0) is 11.3 Å². The average Bonchev–Trinajstić information content (AvgIpc) is 3.25. The number of rotatable bonds is 4. The molecule has 5 heteroatoms. The third-order valence-electron chi connectivity index (χ3n) is 5.11. The Hall–Kier alpha value is -2.66. The first-order valence-corrected chi connectivity index (χ1v) is 8.38. The summed E-state index contributed by atoms with van der Waals surface area (Å²) in [5.74, 6) is -1.60. The number of hydrogen-bond donors (Lipinski definition) is 2. The maximum atomic E-state index is 14.4. The molecule has 2 heterocycles. The molecule has 2 aromatic carbocycles. The van der Waals surface area contributed by atoms with Gasteiger partial charge in [-0.3, -0.25) is 9.69 Å². The lowest BCUT2D eigenvalue weighted by Gasteiger charge is -2.17. The molecule has 0 bridgehead atoms. The van der Waals surface area contributed by atoms with E-state index >= 15 is 0 Å². The monoisotopic (exact) mass is 338 g/mol. The molecule has 2 N–H and O–H groups in total. The summed E-state index contributed by atoms with van der Waals surface area (Å²) in [5, 5.41) is 10.5. The number of fused-ring (bicyclic) bond motifs is 1. The molecular formula is C20H19FN2O2. The highest BCUT2D eigenvalue weighted by Gasteiger charge is 2.38. The molecule has 1 fully saturated rings. The van der Waals surface area contributed by atoms with Crippen molar-refractivity contribution in [3.63, 3.8) is 0 Å². The molecule has 4 nitrogen and oxygen atoms in total. The van der Waals surface area contributed by atoms with Crippen molar-refractivity contribution in [2.75, 3.05) is 13.1 Å². The summed E-state index contributed by atoms with van der Waals surface area (Å²) < 4.78 is 14.4. The molecule has 1 aliphatic rings. The molecule has 1 aromatic heterocycles. The molecule has 0 aliphatic carbocycles. The summed E-state index contributed by atoms with van der Waals surface area (Å²) in [6.07, 6.45) is 1.80. The lowest BCUT2D eigenvalue weighted by molar-refractivity contribution is -0.141. The molecule has 1 saturated heterocycles. The third kappa shape index (κ3) is 2.91. The predicted octanol–water partition coefficient (Wildman–Crippen LogP) is 3.61. The SMILES string of the molecule is O=C(O)[C@@H]1CN(Cc2c(F)ccc3[nH]ccc23)C[C@H]1c1ccccc1. The van der Waals surface area contributed by atoms with Gasteiger partial charge in [-0.25, -0.2) is 4.39 Å². The van der Waals surface area contributed by atoms with Crippen molar-refractivity contribution in [2.45, 2.75) is 12.5 Å². The number of likely N-dealkylation sites (tertiary alicyclic amines) is 1. The molecule has 128 valence electrons. The smallest absolute Gasteiger partial charge is 0.308 e. The van der Waals surface area contributed by atoms with Gasteiger partial charge in [0.2, 0.25) is 0 Å². The summed E-state index contributed by atoms with van der Waals surface area (Å²) in [4.78, 5) is 16.9. The molecule has 2 atom stereocenters. The van der Waals surface area contributed by atoms with E-state index in [0.29, 0.717) is 25.2 Å². The van der Waals surface area contributed by atoms with Crippen molar-refractivity contribution in [2.24, 2.45) is 5.92 Å². The summed E-state index contributed by atoms with van der Waals surface area (Å²) in [6.45, 7) is 1.45. The van der Waals surface area contributed by atoms with E-state index in [9.17, 15) is 14.3 Å². The van der Waals surface area contributed by atoms with Crippen LogP contribution >= 0.6 is 0 Å². The van der Waals surface area contributed by atoms with E-state index in [0.717, 1.165) is 16.5 Å². The first-order valence-electron chi connectivity index (χ1n) is 8.38. The average molecular weight is 338 g/mol. The van der Waals surface area contributed by atoms with Gasteiger partial charge >= 0.3 is 5.97 Å². The Labute approximate surface area is 144 Å². The van der Waals surface area contributed by atoms with Gasteiger partial charge in [0.25, 0.3) is 0 Å². The van der Waals surface area contributed by atoms with E-state index < -0.39 is 11.9 Å². The molecule has 0 radical (unpaired) electrons. The van der Waals surface area contributed by atoms with Crippen LogP contribution in [0.1, 0.15) is 17.0 Å². The molecule has 0 saturated carbocycles. The van der Waals surface area contributed by atoms with Gasteiger partial charge < -0.3 is 10.1 Å². The van der Waals surface area contributed by atoms with Crippen LogP contribution in [0.4, 0.5) is 4.39 Å². The van der Waals surface area contributed by atoms with Crippen molar-refractivity contribution in [3.8, 4) is 0 Å². The number of carboxylic acid groups (broad SMARTS) is 1. The van der Waals surface area contributed by atoms with Gasteiger partial charge in [-0.1, -0.05) is 30.3 Å². The van der Waals surface area contributed by atoms with E-state index in [1.165, 1.54) is 6.07 Å². The minimum absolute atomic E-state index is 0.0767. The van der Waals surface area contributed by atoms with Crippen LogP contribution in [0.5, 0.6) is 0 Å². The number of aliphatic carboxylic acids is 1. The number of H-pyrrole nitrogens is 1. The van der Waals surface area contributed by atoms with E-state index in [4.69, 9.17) is 0 Å². The third-order valence-corrected chi connectivity index (χ3v) is 5.11. The lowest BCUT2D eigenvalue weighted by atomic mass is 9.89. The Morgan fingerprint density at radius 3 is 2.72 bits per heavy atom. The molecule has 0 amide bonds. The van der Waals surface area contributed by atoms with Crippen molar-refractivity contribution in [1.82, 2.24) is 9.88 Å². The number of aromatic nitrogens is 1. The van der Waals surface area contributed by atoms with Crippen LogP contribution < -0.4 is 0 Å². The standard InChI is InChI=1S/C20H19FN2O2/c21-18-6-7-19-14(8-9-22-19)16(18)11-23-10-15(17(12-23)20(24)25)13-4-2-1-3-5-13/h1-9,15,17,22H,10-12H2,(H,24,25)/t15-,17+/m0/s1. The van der Waals surface area contributed by atoms with E-state index in [-0.39, 0.29) is 11.7 Å². The van der Waals surface area contributed by atoms with Crippen LogP contribution in [0.25, 0.3) is 10.9 Å². The second-order valence-electron chi connectivity index (χ2n) is 6.62. The molecule has 3 aromatic rings. The van der Waals surface area contributed by atoms with Crippen LogP contribution in [0.3, 0.4) is 0 Å². The van der Waals surface area contributed by atoms with Gasteiger partial charge in [0.15, 0.2) is 0 Å². The minimum Gasteiger partial charge on any atom is -0.481 e. The number of carboxylic acids is 1. The van der Waals surface area contributed by atoms with Crippen molar-refractivity contribution >= 4 is 16.9 Å². The van der Waals surface area contributed by atoms with Gasteiger partial charge in [-0.15, -0.1) is 0 Å². The van der Waals surface area contributed by atoms with E-state index in [1.807, 2.05) is 41.3 Å². The fourth-order valence-electron chi connectivity index (χ4n) is 3.86. The Balaban J connectivity index is 1.62. The van der Waals surface area contributed by atoms with Crippen molar-refractivity contribution < 1.29 is 14.3 Å². The number of benzene rings is 2. The molecule has 25 heavy (non-hydrogen) atoms. The Kier molecular flexibility index (Phi) is 4.01. The molecule has 0 unspecified atom stereocenters. The Morgan fingerprint density at radius 1 is 1.16 bits per heavy atom. The molecule has 4 rings (SSSR count). The zero-order chi connectivity index (χ0) is 17.4. The second kappa shape index (κ2) is 6.33. The Bertz CT molecular complexity index is 906. The molecular weight excluding hydrogens is 319 g/mol. The minimum atomic E-state index is -0.795. The van der Waals surface area contributed by atoms with Gasteiger partial charge in [0, 0.05) is 48.2 Å². The van der Waals surface area contributed by atoms with Crippen LogP contribution in [0.2, 0.25) is 0 Å². The maximum absolute atomic E-state index is 14.4. The van der Waals surface area contributed by atoms with Crippen molar-refractivity contribution in [1.29, 1.82) is 0 Å². The van der Waals surface area contributed by atoms with Crippen LogP contribution in [0.15, 0.2) is 54.7 Å². The number of nitrogens with zero attached hydrogens (tertiary/aromatic N) is 1. The quantitative estimate of drug-likeness (QED) is 0.764. The molecule has 0 spiro atoms. The highest BCUT2D eigenvalue weighted by molar-refractivity contribution is 5.83. The topological polar surface area (TPSA) is 56.3 Å². The van der Waals surface area contributed by atoms with Crippen molar-refractivity contribution in [3.05, 3.63) is 71.7 Å². The normalized spacial score (nSPS) is 21.0. The predicted molar refractivity (Wildman–Crippen MR) is 93.8 cm³/mol. The van der Waals surface area contributed by atoms with Gasteiger partial charge in [-0.05, 0) is 23.8 Å². The van der Waals surface area contributed by atoms with E-state index in [1.54, 1.807) is 12.3 Å². The maximum Gasteiger partial charge on any atom is 0.308 e. The highest BCUT2D eigenvalue weighted by Crippen LogP contribution is 2.34. The Morgan fingerprint density at radius 2 is 1.96 bits per heavy atom. The first-order chi connectivity index (χ1) is 12.1. The van der Waals surface area contributed by atoms with Gasteiger partial charge in [-0.2, -0.15) is 0 Å². The largest absolute Gasteiger partial charge is 0.481 e. The fourth-order valence-corrected chi connectivity index (χ4v) is 3.86.